The van der Waals surface area contributed by atoms with Crippen molar-refractivity contribution in [3.8, 4) is 0 Å². The summed E-state index contributed by atoms with van der Waals surface area (Å²) in [5, 5.41) is 2.42. The Balaban J connectivity index is 1.88. The zero-order chi connectivity index (χ0) is 17.0. The first-order chi connectivity index (χ1) is 10.8. The number of rotatable bonds is 4. The molecule has 1 saturated heterocycles. The maximum atomic E-state index is 12.6. The number of amides is 3. The summed E-state index contributed by atoms with van der Waals surface area (Å²) >= 11 is 0. The highest BCUT2D eigenvalue weighted by molar-refractivity contribution is 5.97. The normalized spacial score (nSPS) is 14.6. The van der Waals surface area contributed by atoms with Crippen molar-refractivity contribution in [3.63, 3.8) is 0 Å². The standard InChI is InChI=1S/C14H13F3N2O4/c15-14(16,17)10-3-1-2-9(6-10)7-12(21)23-8-11(20)19-5-4-18-13(19)22/h1-3,6H,4-5,7-8H2,(H,18,22). The molecule has 9 heteroatoms. The molecule has 0 aliphatic carbocycles. The predicted octanol–water partition coefficient (Wildman–Crippen LogP) is 1.34. The van der Waals surface area contributed by atoms with Gasteiger partial charge >= 0.3 is 18.2 Å². The summed E-state index contributed by atoms with van der Waals surface area (Å²) in [5.74, 6) is -1.53. The first kappa shape index (κ1) is 16.8. The van der Waals surface area contributed by atoms with Gasteiger partial charge in [0.05, 0.1) is 12.0 Å². The fourth-order valence-corrected chi connectivity index (χ4v) is 2.01. The van der Waals surface area contributed by atoms with Crippen LogP contribution in [-0.4, -0.2) is 42.5 Å². The lowest BCUT2D eigenvalue weighted by Gasteiger charge is -2.12. The van der Waals surface area contributed by atoms with Gasteiger partial charge in [-0.2, -0.15) is 13.2 Å². The maximum Gasteiger partial charge on any atom is 0.416 e. The molecular formula is C14H13F3N2O4. The van der Waals surface area contributed by atoms with Crippen LogP contribution in [0.3, 0.4) is 0 Å². The Kier molecular flexibility index (Phi) is 4.87. The first-order valence-electron chi connectivity index (χ1n) is 6.67. The zero-order valence-electron chi connectivity index (χ0n) is 11.9. The second-order valence-corrected chi connectivity index (χ2v) is 4.81. The third-order valence-electron chi connectivity index (χ3n) is 3.12. The summed E-state index contributed by atoms with van der Waals surface area (Å²) in [6, 6.07) is 3.71. The minimum atomic E-state index is -4.50. The smallest absolute Gasteiger partial charge is 0.416 e. The highest BCUT2D eigenvalue weighted by atomic mass is 19.4. The molecular weight excluding hydrogens is 317 g/mol. The highest BCUT2D eigenvalue weighted by Crippen LogP contribution is 2.29. The summed E-state index contributed by atoms with van der Waals surface area (Å²) in [6.45, 7) is -0.128. The van der Waals surface area contributed by atoms with Crippen molar-refractivity contribution in [2.75, 3.05) is 19.7 Å². The van der Waals surface area contributed by atoms with E-state index in [-0.39, 0.29) is 12.1 Å². The molecule has 1 N–H and O–H groups in total. The second-order valence-electron chi connectivity index (χ2n) is 4.81. The SMILES string of the molecule is O=C(Cc1cccc(C(F)(F)F)c1)OCC(=O)N1CCNC1=O. The Bertz CT molecular complexity index is 631. The van der Waals surface area contributed by atoms with E-state index in [2.05, 4.69) is 5.32 Å². The Hall–Kier alpha value is -2.58. The van der Waals surface area contributed by atoms with Crippen LogP contribution in [-0.2, 0) is 26.9 Å². The van der Waals surface area contributed by atoms with E-state index >= 15 is 0 Å². The van der Waals surface area contributed by atoms with Crippen molar-refractivity contribution in [1.29, 1.82) is 0 Å². The number of alkyl halides is 3. The van der Waals surface area contributed by atoms with E-state index in [4.69, 9.17) is 4.74 Å². The first-order valence-corrected chi connectivity index (χ1v) is 6.67. The van der Waals surface area contributed by atoms with E-state index in [1.807, 2.05) is 0 Å². The van der Waals surface area contributed by atoms with Crippen LogP contribution in [0.5, 0.6) is 0 Å². The van der Waals surface area contributed by atoms with Crippen molar-refractivity contribution in [1.82, 2.24) is 10.2 Å². The third kappa shape index (κ3) is 4.44. The molecule has 0 unspecified atom stereocenters. The van der Waals surface area contributed by atoms with Crippen LogP contribution in [0.25, 0.3) is 0 Å². The number of nitrogens with zero attached hydrogens (tertiary/aromatic N) is 1. The summed E-state index contributed by atoms with van der Waals surface area (Å²) in [5.41, 5.74) is -0.746. The molecule has 0 aromatic heterocycles. The molecule has 0 saturated carbocycles. The molecule has 2 rings (SSSR count). The Morgan fingerprint density at radius 2 is 2.04 bits per heavy atom. The van der Waals surface area contributed by atoms with Gasteiger partial charge in [0.15, 0.2) is 6.61 Å². The Labute approximate surface area is 129 Å². The van der Waals surface area contributed by atoms with E-state index < -0.39 is 42.7 Å². The van der Waals surface area contributed by atoms with Crippen molar-refractivity contribution >= 4 is 17.9 Å². The van der Waals surface area contributed by atoms with Gasteiger partial charge in [0.25, 0.3) is 5.91 Å². The summed E-state index contributed by atoms with van der Waals surface area (Å²) in [4.78, 5) is 35.4. The summed E-state index contributed by atoms with van der Waals surface area (Å²) in [7, 11) is 0. The number of carbonyl (C=O) groups is 3. The molecule has 1 heterocycles. The van der Waals surface area contributed by atoms with E-state index in [1.54, 1.807) is 0 Å². The zero-order valence-corrected chi connectivity index (χ0v) is 11.9. The number of urea groups is 1. The molecule has 1 aliphatic rings. The second kappa shape index (κ2) is 6.67. The van der Waals surface area contributed by atoms with Crippen molar-refractivity contribution in [3.05, 3.63) is 35.4 Å². The van der Waals surface area contributed by atoms with Crippen molar-refractivity contribution in [2.24, 2.45) is 0 Å². The molecule has 0 spiro atoms. The van der Waals surface area contributed by atoms with Crippen LogP contribution in [0.15, 0.2) is 24.3 Å². The minimum Gasteiger partial charge on any atom is -0.455 e. The summed E-state index contributed by atoms with van der Waals surface area (Å²) < 4.78 is 42.4. The molecule has 1 aromatic carbocycles. The number of benzene rings is 1. The number of esters is 1. The van der Waals surface area contributed by atoms with E-state index in [0.717, 1.165) is 17.0 Å². The predicted molar refractivity (Wildman–Crippen MR) is 71.2 cm³/mol. The fraction of sp³-hybridized carbons (Fsp3) is 0.357. The molecule has 23 heavy (non-hydrogen) atoms. The van der Waals surface area contributed by atoms with Gasteiger partial charge in [0.1, 0.15) is 0 Å². The number of hydrogen-bond acceptors (Lipinski definition) is 4. The molecule has 1 aromatic rings. The topological polar surface area (TPSA) is 75.7 Å². The van der Waals surface area contributed by atoms with Crippen LogP contribution < -0.4 is 5.32 Å². The Morgan fingerprint density at radius 3 is 2.65 bits per heavy atom. The van der Waals surface area contributed by atoms with Crippen LogP contribution in [0, 0.1) is 0 Å². The monoisotopic (exact) mass is 330 g/mol. The van der Waals surface area contributed by atoms with Gasteiger partial charge in [-0.3, -0.25) is 14.5 Å². The number of imide groups is 1. The van der Waals surface area contributed by atoms with Gasteiger partial charge in [0.2, 0.25) is 0 Å². The average Bonchev–Trinajstić information content (AvgIpc) is 2.90. The molecule has 6 nitrogen and oxygen atoms in total. The lowest BCUT2D eigenvalue weighted by Crippen LogP contribution is -2.37. The molecule has 1 fully saturated rings. The van der Waals surface area contributed by atoms with E-state index in [9.17, 15) is 27.6 Å². The van der Waals surface area contributed by atoms with Crippen LogP contribution in [0.4, 0.5) is 18.0 Å². The minimum absolute atomic E-state index is 0.121. The molecule has 1 aliphatic heterocycles. The number of carbonyl (C=O) groups excluding carboxylic acids is 3. The molecule has 0 bridgehead atoms. The largest absolute Gasteiger partial charge is 0.455 e. The number of hydrogen-bond donors (Lipinski definition) is 1. The maximum absolute atomic E-state index is 12.6. The number of nitrogens with one attached hydrogen (secondary N) is 1. The molecule has 124 valence electrons. The van der Waals surface area contributed by atoms with Gasteiger partial charge in [-0.1, -0.05) is 18.2 Å². The van der Waals surface area contributed by atoms with Gasteiger partial charge < -0.3 is 10.1 Å². The van der Waals surface area contributed by atoms with Crippen LogP contribution in [0.1, 0.15) is 11.1 Å². The van der Waals surface area contributed by atoms with Gasteiger partial charge in [-0.15, -0.1) is 0 Å². The molecule has 3 amide bonds. The lowest BCUT2D eigenvalue weighted by atomic mass is 10.1. The van der Waals surface area contributed by atoms with Gasteiger partial charge in [-0.05, 0) is 11.6 Å². The number of ether oxygens (including phenoxy) is 1. The molecule has 0 atom stereocenters. The van der Waals surface area contributed by atoms with Gasteiger partial charge in [-0.25, -0.2) is 4.79 Å². The lowest BCUT2D eigenvalue weighted by molar-refractivity contribution is -0.150. The summed E-state index contributed by atoms with van der Waals surface area (Å²) in [6.07, 6.45) is -4.90. The van der Waals surface area contributed by atoms with Crippen molar-refractivity contribution < 1.29 is 32.3 Å². The van der Waals surface area contributed by atoms with E-state index in [0.29, 0.717) is 6.54 Å². The third-order valence-corrected chi connectivity index (χ3v) is 3.12. The van der Waals surface area contributed by atoms with E-state index in [1.165, 1.54) is 12.1 Å². The molecule has 0 radical (unpaired) electrons. The quantitative estimate of drug-likeness (QED) is 0.846. The number of halogens is 3. The highest BCUT2D eigenvalue weighted by Gasteiger charge is 2.30. The van der Waals surface area contributed by atoms with Gasteiger partial charge in [0, 0.05) is 13.1 Å². The van der Waals surface area contributed by atoms with Crippen molar-refractivity contribution in [2.45, 2.75) is 12.6 Å². The Morgan fingerprint density at radius 1 is 1.30 bits per heavy atom. The van der Waals surface area contributed by atoms with Crippen LogP contribution in [0.2, 0.25) is 0 Å². The average molecular weight is 330 g/mol. The van der Waals surface area contributed by atoms with Crippen LogP contribution >= 0.6 is 0 Å². The fourth-order valence-electron chi connectivity index (χ4n) is 2.01.